The molecular weight excluding hydrogens is 246 g/mol. The maximum atomic E-state index is 9.37. The number of rotatable bonds is 3. The summed E-state index contributed by atoms with van der Waals surface area (Å²) in [5.41, 5.74) is 2.31. The second kappa shape index (κ2) is 4.74. The van der Waals surface area contributed by atoms with Gasteiger partial charge in [-0.3, -0.25) is 0 Å². The first-order chi connectivity index (χ1) is 8.75. The van der Waals surface area contributed by atoms with Gasteiger partial charge in [-0.15, -0.1) is 11.8 Å². The molecule has 1 aliphatic heterocycles. The summed E-state index contributed by atoms with van der Waals surface area (Å²) in [4.78, 5) is 9.97. The minimum atomic E-state index is -0.388. The predicted octanol–water partition coefficient (Wildman–Crippen LogP) is 2.07. The van der Waals surface area contributed by atoms with Gasteiger partial charge in [-0.2, -0.15) is 0 Å². The zero-order chi connectivity index (χ0) is 12.5. The summed E-state index contributed by atoms with van der Waals surface area (Å²) in [7, 11) is 0. The fourth-order valence-corrected chi connectivity index (χ4v) is 3.30. The van der Waals surface area contributed by atoms with Crippen molar-refractivity contribution >= 4 is 28.5 Å². The molecule has 0 saturated heterocycles. The van der Waals surface area contributed by atoms with E-state index in [1.165, 1.54) is 10.5 Å². The van der Waals surface area contributed by atoms with Crippen molar-refractivity contribution in [3.63, 3.8) is 0 Å². The van der Waals surface area contributed by atoms with E-state index in [2.05, 4.69) is 21.4 Å². The van der Waals surface area contributed by atoms with Gasteiger partial charge in [-0.05, 0) is 31.0 Å². The Labute approximate surface area is 110 Å². The molecule has 3 rings (SSSR count). The van der Waals surface area contributed by atoms with Gasteiger partial charge in [0.2, 0.25) is 0 Å². The third kappa shape index (κ3) is 2.04. The van der Waals surface area contributed by atoms with E-state index in [-0.39, 0.29) is 6.10 Å². The Balaban J connectivity index is 2.10. The Morgan fingerprint density at radius 3 is 3.17 bits per heavy atom. The molecule has 18 heavy (non-hydrogen) atoms. The molecule has 2 heterocycles. The molecule has 5 heteroatoms. The second-order valence-electron chi connectivity index (χ2n) is 4.49. The first kappa shape index (κ1) is 11.7. The van der Waals surface area contributed by atoms with Crippen LogP contribution in [-0.4, -0.2) is 33.5 Å². The Hall–Kier alpha value is -1.33. The number of hydrogen-bond acceptors (Lipinski definition) is 5. The highest BCUT2D eigenvalue weighted by molar-refractivity contribution is 7.99. The van der Waals surface area contributed by atoms with Crippen LogP contribution in [0.25, 0.3) is 10.9 Å². The van der Waals surface area contributed by atoms with Crippen molar-refractivity contribution in [1.82, 2.24) is 9.97 Å². The summed E-state index contributed by atoms with van der Waals surface area (Å²) < 4.78 is 0. The van der Waals surface area contributed by atoms with E-state index in [0.29, 0.717) is 6.54 Å². The highest BCUT2D eigenvalue weighted by Gasteiger charge is 2.17. The average Bonchev–Trinajstić information content (AvgIpc) is 2.84. The summed E-state index contributed by atoms with van der Waals surface area (Å²) in [5.74, 6) is 1.96. The van der Waals surface area contributed by atoms with Gasteiger partial charge in [-0.1, -0.05) is 0 Å². The van der Waals surface area contributed by atoms with Gasteiger partial charge < -0.3 is 10.4 Å². The monoisotopic (exact) mass is 261 g/mol. The maximum absolute atomic E-state index is 9.37. The fraction of sp³-hybridized carbons (Fsp3) is 0.385. The van der Waals surface area contributed by atoms with E-state index < -0.39 is 0 Å². The maximum Gasteiger partial charge on any atom is 0.137 e. The van der Waals surface area contributed by atoms with E-state index in [1.54, 1.807) is 13.3 Å². The average molecular weight is 261 g/mol. The molecule has 2 N–H and O–H groups in total. The molecular formula is C13H15N3OS. The minimum Gasteiger partial charge on any atom is -0.392 e. The van der Waals surface area contributed by atoms with Crippen molar-refractivity contribution in [2.45, 2.75) is 24.3 Å². The van der Waals surface area contributed by atoms with Crippen molar-refractivity contribution in [3.05, 3.63) is 24.0 Å². The molecule has 0 radical (unpaired) electrons. The van der Waals surface area contributed by atoms with Gasteiger partial charge in [0.15, 0.2) is 0 Å². The van der Waals surface area contributed by atoms with Crippen LogP contribution in [0, 0.1) is 0 Å². The van der Waals surface area contributed by atoms with Gasteiger partial charge in [0, 0.05) is 22.6 Å². The van der Waals surface area contributed by atoms with Crippen LogP contribution >= 0.6 is 11.8 Å². The zero-order valence-corrected chi connectivity index (χ0v) is 11.0. The van der Waals surface area contributed by atoms with E-state index in [9.17, 15) is 5.11 Å². The fourth-order valence-electron chi connectivity index (χ4n) is 2.23. The topological polar surface area (TPSA) is 58.0 Å². The molecule has 0 spiro atoms. The Morgan fingerprint density at radius 1 is 1.44 bits per heavy atom. The van der Waals surface area contributed by atoms with Crippen LogP contribution in [0.4, 0.5) is 5.82 Å². The standard InChI is InChI=1S/C13H15N3OS/c1-8(17)6-14-13-12-9-4-5-18-11(9)3-2-10(12)15-7-16-13/h2-3,7-8,17H,4-6H2,1H3,(H,14,15,16). The van der Waals surface area contributed by atoms with Gasteiger partial charge in [-0.25, -0.2) is 9.97 Å². The summed E-state index contributed by atoms with van der Waals surface area (Å²) in [6.07, 6.45) is 2.25. The molecule has 1 unspecified atom stereocenters. The van der Waals surface area contributed by atoms with Crippen molar-refractivity contribution in [3.8, 4) is 0 Å². The van der Waals surface area contributed by atoms with Gasteiger partial charge in [0.1, 0.15) is 12.1 Å². The van der Waals surface area contributed by atoms with E-state index in [1.807, 2.05) is 17.8 Å². The number of aliphatic hydroxyl groups excluding tert-OH is 1. The molecule has 1 aliphatic rings. The van der Waals surface area contributed by atoms with E-state index in [0.717, 1.165) is 28.9 Å². The van der Waals surface area contributed by atoms with Crippen LogP contribution in [0.15, 0.2) is 23.4 Å². The van der Waals surface area contributed by atoms with Crippen LogP contribution in [0.3, 0.4) is 0 Å². The molecule has 2 aromatic rings. The number of nitrogens with one attached hydrogen (secondary N) is 1. The molecule has 0 fully saturated rings. The van der Waals surface area contributed by atoms with E-state index >= 15 is 0 Å². The molecule has 4 nitrogen and oxygen atoms in total. The molecule has 1 atom stereocenters. The number of aryl methyl sites for hydroxylation is 1. The van der Waals surface area contributed by atoms with Crippen molar-refractivity contribution < 1.29 is 5.11 Å². The number of thioether (sulfide) groups is 1. The molecule has 0 saturated carbocycles. The third-order valence-electron chi connectivity index (χ3n) is 3.04. The number of hydrogen-bond donors (Lipinski definition) is 2. The lowest BCUT2D eigenvalue weighted by molar-refractivity contribution is 0.208. The van der Waals surface area contributed by atoms with Gasteiger partial charge in [0.05, 0.1) is 11.6 Å². The first-order valence-electron chi connectivity index (χ1n) is 6.07. The summed E-state index contributed by atoms with van der Waals surface area (Å²) >= 11 is 1.88. The number of aliphatic hydroxyl groups is 1. The normalized spacial score (nSPS) is 15.7. The minimum absolute atomic E-state index is 0.388. The lowest BCUT2D eigenvalue weighted by Gasteiger charge is -2.12. The zero-order valence-electron chi connectivity index (χ0n) is 10.2. The number of anilines is 1. The number of benzene rings is 1. The van der Waals surface area contributed by atoms with Crippen molar-refractivity contribution in [1.29, 1.82) is 0 Å². The summed E-state index contributed by atoms with van der Waals surface area (Å²) in [6, 6.07) is 4.18. The molecule has 1 aromatic carbocycles. The Bertz CT molecular complexity index is 586. The molecule has 0 bridgehead atoms. The molecule has 1 aromatic heterocycles. The van der Waals surface area contributed by atoms with Crippen molar-refractivity contribution in [2.24, 2.45) is 0 Å². The SMILES string of the molecule is CC(O)CNc1ncnc2ccc3c(c12)CCS3. The smallest absolute Gasteiger partial charge is 0.137 e. The Morgan fingerprint density at radius 2 is 2.33 bits per heavy atom. The van der Waals surface area contributed by atoms with Gasteiger partial charge in [0.25, 0.3) is 0 Å². The van der Waals surface area contributed by atoms with Gasteiger partial charge >= 0.3 is 0 Å². The van der Waals surface area contributed by atoms with Crippen LogP contribution in [-0.2, 0) is 6.42 Å². The first-order valence-corrected chi connectivity index (χ1v) is 7.05. The highest BCUT2D eigenvalue weighted by Crippen LogP contribution is 2.37. The second-order valence-corrected chi connectivity index (χ2v) is 5.62. The van der Waals surface area contributed by atoms with Crippen LogP contribution in [0.2, 0.25) is 0 Å². The summed E-state index contributed by atoms with van der Waals surface area (Å²) in [6.45, 7) is 2.26. The van der Waals surface area contributed by atoms with Crippen LogP contribution < -0.4 is 5.32 Å². The number of aromatic nitrogens is 2. The van der Waals surface area contributed by atoms with Crippen molar-refractivity contribution in [2.75, 3.05) is 17.6 Å². The Kier molecular flexibility index (Phi) is 3.09. The lowest BCUT2D eigenvalue weighted by atomic mass is 10.1. The van der Waals surface area contributed by atoms with E-state index in [4.69, 9.17) is 0 Å². The highest BCUT2D eigenvalue weighted by atomic mass is 32.2. The largest absolute Gasteiger partial charge is 0.392 e. The molecule has 0 amide bonds. The molecule has 94 valence electrons. The van der Waals surface area contributed by atoms with Crippen LogP contribution in [0.1, 0.15) is 12.5 Å². The molecule has 0 aliphatic carbocycles. The third-order valence-corrected chi connectivity index (χ3v) is 4.14. The lowest BCUT2D eigenvalue weighted by Crippen LogP contribution is -2.16. The predicted molar refractivity (Wildman–Crippen MR) is 74.1 cm³/mol. The number of fused-ring (bicyclic) bond motifs is 3. The van der Waals surface area contributed by atoms with Crippen LogP contribution in [0.5, 0.6) is 0 Å². The summed E-state index contributed by atoms with van der Waals surface area (Å²) in [5, 5.41) is 13.7. The number of nitrogens with zero attached hydrogens (tertiary/aromatic N) is 2. The quantitative estimate of drug-likeness (QED) is 0.886.